The van der Waals surface area contributed by atoms with E-state index in [9.17, 15) is 4.79 Å². The number of carbonyl (C=O) groups excluding carboxylic acids is 1. The van der Waals surface area contributed by atoms with Gasteiger partial charge in [0.05, 0.1) is 6.84 Å². The van der Waals surface area contributed by atoms with Crippen molar-refractivity contribution in [3.05, 3.63) is 0 Å². The van der Waals surface area contributed by atoms with Crippen LogP contribution in [0.2, 0.25) is 0 Å². The van der Waals surface area contributed by atoms with Gasteiger partial charge in [-0.15, -0.1) is 0 Å². The van der Waals surface area contributed by atoms with Crippen molar-refractivity contribution in [1.29, 1.82) is 0 Å². The summed E-state index contributed by atoms with van der Waals surface area (Å²) < 4.78 is 12.0. The van der Waals surface area contributed by atoms with Gasteiger partial charge >= 0.3 is 6.16 Å². The topological polar surface area (TPSA) is 35.5 Å². The van der Waals surface area contributed by atoms with Crippen LogP contribution in [-0.2, 0) is 9.47 Å². The Labute approximate surface area is 174 Å². The van der Waals surface area contributed by atoms with E-state index in [0.29, 0.717) is 0 Å². The number of halogens is 2. The summed E-state index contributed by atoms with van der Waals surface area (Å²) in [4.78, 5) is 12.8. The molecule has 0 saturated heterocycles. The minimum absolute atomic E-state index is 0.0935. The quantitative estimate of drug-likeness (QED) is 0.211. The molecule has 2 saturated carbocycles. The average molecular weight is 562 g/mol. The van der Waals surface area contributed by atoms with Crippen LogP contribution in [0.3, 0.4) is 0 Å². The third-order valence-corrected chi connectivity index (χ3v) is 8.01. The van der Waals surface area contributed by atoms with E-state index >= 15 is 0 Å². The average Bonchev–Trinajstić information content (AvgIpc) is 2.46. The zero-order valence-electron chi connectivity index (χ0n) is 15.6. The lowest BCUT2D eigenvalue weighted by atomic mass is 9.76. The number of hydrogen-bond donors (Lipinski definition) is 0. The van der Waals surface area contributed by atoms with Crippen LogP contribution >= 0.6 is 45.2 Å². The van der Waals surface area contributed by atoms with Gasteiger partial charge in [0.25, 0.3) is 0 Å². The Morgan fingerprint density at radius 2 is 1.00 bits per heavy atom. The Balaban J connectivity index is 2.15. The van der Waals surface area contributed by atoms with E-state index in [0.717, 1.165) is 51.4 Å². The lowest BCUT2D eigenvalue weighted by Crippen LogP contribution is -2.54. The second kappa shape index (κ2) is 7.77. The SMILES string of the molecule is CC(C)(I)C1(OC(=O)OC2(C(C)(C)I)CCCCC2)CCCCC1. The van der Waals surface area contributed by atoms with Gasteiger partial charge in [0.15, 0.2) is 0 Å². The summed E-state index contributed by atoms with van der Waals surface area (Å²) >= 11 is 4.88. The number of alkyl halides is 2. The van der Waals surface area contributed by atoms with Gasteiger partial charge in [-0.1, -0.05) is 58.0 Å². The van der Waals surface area contributed by atoms with E-state index in [1.807, 2.05) is 0 Å². The highest BCUT2D eigenvalue weighted by molar-refractivity contribution is 14.1. The predicted molar refractivity (Wildman–Crippen MR) is 115 cm³/mol. The van der Waals surface area contributed by atoms with E-state index < -0.39 is 17.4 Å². The van der Waals surface area contributed by atoms with Crippen molar-refractivity contribution in [3.63, 3.8) is 0 Å². The normalized spacial score (nSPS) is 24.2. The Morgan fingerprint density at radius 3 is 1.25 bits per heavy atom. The van der Waals surface area contributed by atoms with Gasteiger partial charge in [0.2, 0.25) is 0 Å². The molecule has 0 atom stereocenters. The Morgan fingerprint density at radius 1 is 0.708 bits per heavy atom. The highest BCUT2D eigenvalue weighted by Gasteiger charge is 2.51. The molecule has 2 aliphatic carbocycles. The van der Waals surface area contributed by atoms with Crippen LogP contribution in [0.25, 0.3) is 0 Å². The zero-order chi connectivity index (χ0) is 18.1. The highest BCUT2D eigenvalue weighted by Crippen LogP contribution is 2.48. The van der Waals surface area contributed by atoms with Crippen LogP contribution in [-0.4, -0.2) is 24.2 Å². The van der Waals surface area contributed by atoms with E-state index in [1.165, 1.54) is 12.8 Å². The molecule has 5 heteroatoms. The van der Waals surface area contributed by atoms with Gasteiger partial charge < -0.3 is 9.47 Å². The summed E-state index contributed by atoms with van der Waals surface area (Å²) in [6, 6.07) is 0. The van der Waals surface area contributed by atoms with Gasteiger partial charge in [0, 0.05) is 0 Å². The van der Waals surface area contributed by atoms with Crippen LogP contribution in [0.5, 0.6) is 0 Å². The molecule has 0 aromatic rings. The van der Waals surface area contributed by atoms with Crippen molar-refractivity contribution in [2.24, 2.45) is 0 Å². The molecule has 2 fully saturated rings. The number of hydrogen-bond acceptors (Lipinski definition) is 3. The van der Waals surface area contributed by atoms with Gasteiger partial charge in [-0.05, 0) is 79.1 Å². The molecule has 24 heavy (non-hydrogen) atoms. The molecule has 0 aromatic heterocycles. The van der Waals surface area contributed by atoms with Gasteiger partial charge in [-0.25, -0.2) is 4.79 Å². The molecule has 0 aromatic carbocycles. The van der Waals surface area contributed by atoms with Crippen LogP contribution < -0.4 is 0 Å². The number of ether oxygens (including phenoxy) is 2. The standard InChI is InChI=1S/C19H32I2O3/c1-16(2,20)18(11-7-5-8-12-18)23-15(22)24-19(17(3,4)21)13-9-6-10-14-19/h5-14H2,1-4H3. The number of rotatable bonds is 4. The van der Waals surface area contributed by atoms with Crippen LogP contribution in [0.4, 0.5) is 4.79 Å². The van der Waals surface area contributed by atoms with Crippen molar-refractivity contribution in [3.8, 4) is 0 Å². The predicted octanol–water partition coefficient (Wildman–Crippen LogP) is 6.97. The largest absolute Gasteiger partial charge is 0.509 e. The molecule has 0 N–H and O–H groups in total. The molecule has 2 aliphatic rings. The maximum atomic E-state index is 12.8. The summed E-state index contributed by atoms with van der Waals surface area (Å²) in [5.41, 5.74) is -0.789. The number of carbonyl (C=O) groups is 1. The summed E-state index contributed by atoms with van der Waals surface area (Å²) in [6.07, 6.45) is 10.3. The van der Waals surface area contributed by atoms with Crippen LogP contribution in [0, 0.1) is 0 Å². The fourth-order valence-corrected chi connectivity index (χ4v) is 5.52. The zero-order valence-corrected chi connectivity index (χ0v) is 19.9. The molecule has 0 heterocycles. The fourth-order valence-electron chi connectivity index (χ4n) is 4.22. The summed E-state index contributed by atoms with van der Waals surface area (Å²) in [5, 5.41) is 0. The summed E-state index contributed by atoms with van der Waals surface area (Å²) in [6.45, 7) is 8.69. The van der Waals surface area contributed by atoms with Crippen molar-refractivity contribution < 1.29 is 14.3 Å². The first-order chi connectivity index (χ1) is 11.0. The Kier molecular flexibility index (Phi) is 6.81. The maximum Gasteiger partial charge on any atom is 0.509 e. The molecule has 0 amide bonds. The minimum Gasteiger partial charge on any atom is -0.426 e. The monoisotopic (exact) mass is 562 g/mol. The van der Waals surface area contributed by atoms with Crippen LogP contribution in [0.15, 0.2) is 0 Å². The fraction of sp³-hybridized carbons (Fsp3) is 0.947. The first kappa shape index (κ1) is 21.0. The Bertz CT molecular complexity index is 397. The molecule has 2 rings (SSSR count). The van der Waals surface area contributed by atoms with Crippen molar-refractivity contribution >= 4 is 51.3 Å². The second-order valence-corrected chi connectivity index (χ2v) is 13.9. The Hall–Kier alpha value is 0.730. The molecule has 0 unspecified atom stereocenters. The van der Waals surface area contributed by atoms with Crippen LogP contribution in [0.1, 0.15) is 91.9 Å². The lowest BCUT2D eigenvalue weighted by Gasteiger charge is -2.48. The third-order valence-electron chi connectivity index (χ3n) is 6.05. The minimum atomic E-state index is -0.451. The molecule has 0 spiro atoms. The molecule has 140 valence electrons. The lowest BCUT2D eigenvalue weighted by molar-refractivity contribution is -0.116. The van der Waals surface area contributed by atoms with Crippen molar-refractivity contribution in [1.82, 2.24) is 0 Å². The second-order valence-electron chi connectivity index (χ2n) is 8.51. The van der Waals surface area contributed by atoms with E-state index in [1.54, 1.807) is 0 Å². The van der Waals surface area contributed by atoms with E-state index in [2.05, 4.69) is 72.9 Å². The van der Waals surface area contributed by atoms with E-state index in [4.69, 9.17) is 9.47 Å². The molecule has 0 bridgehead atoms. The van der Waals surface area contributed by atoms with E-state index in [-0.39, 0.29) is 6.84 Å². The van der Waals surface area contributed by atoms with Gasteiger partial charge in [-0.2, -0.15) is 0 Å². The molecule has 0 aliphatic heterocycles. The molecule has 3 nitrogen and oxygen atoms in total. The maximum absolute atomic E-state index is 12.8. The smallest absolute Gasteiger partial charge is 0.426 e. The van der Waals surface area contributed by atoms with Crippen molar-refractivity contribution in [2.75, 3.05) is 0 Å². The molecule has 0 radical (unpaired) electrons. The highest BCUT2D eigenvalue weighted by atomic mass is 127. The summed E-state index contributed by atoms with van der Waals surface area (Å²) in [7, 11) is 0. The van der Waals surface area contributed by atoms with Gasteiger partial charge in [0.1, 0.15) is 11.2 Å². The first-order valence-electron chi connectivity index (χ1n) is 9.31. The molecular weight excluding hydrogens is 530 g/mol. The van der Waals surface area contributed by atoms with Gasteiger partial charge in [-0.3, -0.25) is 0 Å². The molecular formula is C19H32I2O3. The first-order valence-corrected chi connectivity index (χ1v) is 11.5. The summed E-state index contributed by atoms with van der Waals surface area (Å²) in [5.74, 6) is 0. The third kappa shape index (κ3) is 4.52. The van der Waals surface area contributed by atoms with Crippen molar-refractivity contribution in [2.45, 2.75) is 110 Å².